The SMILES string of the molecule is CCNC(=O)CN(CC)C(=O)C[NH+]1CCc2sccc2[C@@H]1c1cccs1. The van der Waals surface area contributed by atoms with Crippen LogP contribution in [0, 0.1) is 0 Å². The number of nitrogens with one attached hydrogen (secondary N) is 2. The molecular weight excluding hydrogens is 366 g/mol. The standard InChI is InChI=1S/C19H25N3O2S2/c1-3-20-17(23)12-21(4-2)18(24)13-22-9-7-15-14(8-11-26-15)19(22)16-6-5-10-25-16/h5-6,8,10-11,19H,3-4,7,9,12-13H2,1-2H3,(H,20,23)/p+1/t19-/m1/s1. The van der Waals surface area contributed by atoms with Crippen LogP contribution in [0.3, 0.4) is 0 Å². The Labute approximate surface area is 162 Å². The van der Waals surface area contributed by atoms with Gasteiger partial charge in [0, 0.05) is 30.0 Å². The summed E-state index contributed by atoms with van der Waals surface area (Å²) in [5.74, 6) is -0.0414. The maximum absolute atomic E-state index is 12.9. The van der Waals surface area contributed by atoms with E-state index in [1.165, 1.54) is 20.2 Å². The van der Waals surface area contributed by atoms with Crippen LogP contribution < -0.4 is 10.2 Å². The van der Waals surface area contributed by atoms with E-state index in [0.29, 0.717) is 19.6 Å². The van der Waals surface area contributed by atoms with Crippen molar-refractivity contribution in [2.24, 2.45) is 0 Å². The fourth-order valence-electron chi connectivity index (χ4n) is 3.56. The minimum Gasteiger partial charge on any atom is -0.355 e. The number of quaternary nitrogens is 1. The van der Waals surface area contributed by atoms with Crippen LogP contribution in [-0.4, -0.2) is 49.4 Å². The fraction of sp³-hybridized carbons (Fsp3) is 0.474. The van der Waals surface area contributed by atoms with Crippen molar-refractivity contribution >= 4 is 34.5 Å². The zero-order chi connectivity index (χ0) is 18.5. The van der Waals surface area contributed by atoms with Gasteiger partial charge in [-0.3, -0.25) is 9.59 Å². The van der Waals surface area contributed by atoms with Gasteiger partial charge < -0.3 is 15.1 Å². The summed E-state index contributed by atoms with van der Waals surface area (Å²) >= 11 is 3.57. The van der Waals surface area contributed by atoms with Crippen LogP contribution >= 0.6 is 22.7 Å². The highest BCUT2D eigenvalue weighted by Crippen LogP contribution is 2.31. The topological polar surface area (TPSA) is 53.9 Å². The van der Waals surface area contributed by atoms with Crippen molar-refractivity contribution in [2.75, 3.05) is 32.7 Å². The number of hydrogen-bond acceptors (Lipinski definition) is 4. The maximum atomic E-state index is 12.9. The predicted molar refractivity (Wildman–Crippen MR) is 106 cm³/mol. The highest BCUT2D eigenvalue weighted by Gasteiger charge is 2.36. The molecule has 0 saturated heterocycles. The Morgan fingerprint density at radius 1 is 1.27 bits per heavy atom. The molecular formula is C19H26N3O2S2+. The van der Waals surface area contributed by atoms with Crippen LogP contribution in [0.2, 0.25) is 0 Å². The molecule has 2 aromatic heterocycles. The van der Waals surface area contributed by atoms with Gasteiger partial charge in [-0.05, 0) is 36.7 Å². The second-order valence-electron chi connectivity index (χ2n) is 6.44. The number of carbonyl (C=O) groups excluding carboxylic acids is 2. The molecule has 0 fully saturated rings. The quantitative estimate of drug-likeness (QED) is 0.747. The number of thiophene rings is 2. The molecule has 0 radical (unpaired) electrons. The first kappa shape index (κ1) is 19.1. The lowest BCUT2D eigenvalue weighted by molar-refractivity contribution is -0.919. The van der Waals surface area contributed by atoms with E-state index < -0.39 is 0 Å². The van der Waals surface area contributed by atoms with E-state index in [1.807, 2.05) is 25.2 Å². The van der Waals surface area contributed by atoms with Gasteiger partial charge in [-0.25, -0.2) is 0 Å². The zero-order valence-electron chi connectivity index (χ0n) is 15.3. The van der Waals surface area contributed by atoms with Crippen LogP contribution in [0.5, 0.6) is 0 Å². The van der Waals surface area contributed by atoms with E-state index in [2.05, 4.69) is 34.3 Å². The summed E-state index contributed by atoms with van der Waals surface area (Å²) in [6, 6.07) is 6.67. The van der Waals surface area contributed by atoms with Gasteiger partial charge in [0.05, 0.1) is 18.0 Å². The molecule has 0 saturated carbocycles. The summed E-state index contributed by atoms with van der Waals surface area (Å²) in [7, 11) is 0. The average molecular weight is 393 g/mol. The van der Waals surface area contributed by atoms with Gasteiger partial charge in [0.2, 0.25) is 5.91 Å². The van der Waals surface area contributed by atoms with Crippen LogP contribution in [-0.2, 0) is 16.0 Å². The highest BCUT2D eigenvalue weighted by molar-refractivity contribution is 7.10. The van der Waals surface area contributed by atoms with E-state index in [4.69, 9.17) is 0 Å². The van der Waals surface area contributed by atoms with E-state index in [-0.39, 0.29) is 24.4 Å². The number of likely N-dealkylation sites (N-methyl/N-ethyl adjacent to an activating group) is 2. The smallest absolute Gasteiger partial charge is 0.278 e. The van der Waals surface area contributed by atoms with Gasteiger partial charge in [-0.1, -0.05) is 6.07 Å². The molecule has 5 nitrogen and oxygen atoms in total. The van der Waals surface area contributed by atoms with Gasteiger partial charge in [0.1, 0.15) is 6.04 Å². The molecule has 0 spiro atoms. The molecule has 1 aliphatic heterocycles. The lowest BCUT2D eigenvalue weighted by atomic mass is 9.98. The van der Waals surface area contributed by atoms with Crippen molar-refractivity contribution in [3.8, 4) is 0 Å². The molecule has 3 rings (SSSR count). The molecule has 2 atom stereocenters. The molecule has 26 heavy (non-hydrogen) atoms. The van der Waals surface area contributed by atoms with E-state index in [0.717, 1.165) is 13.0 Å². The van der Waals surface area contributed by atoms with Crippen molar-refractivity contribution in [3.05, 3.63) is 44.3 Å². The maximum Gasteiger partial charge on any atom is 0.278 e. The van der Waals surface area contributed by atoms with Crippen molar-refractivity contribution in [1.82, 2.24) is 10.2 Å². The number of amides is 2. The summed E-state index contributed by atoms with van der Waals surface area (Å²) in [4.78, 5) is 30.4. The van der Waals surface area contributed by atoms with Crippen molar-refractivity contribution in [2.45, 2.75) is 26.3 Å². The largest absolute Gasteiger partial charge is 0.355 e. The van der Waals surface area contributed by atoms with Gasteiger partial charge in [-0.15, -0.1) is 22.7 Å². The number of hydrogen-bond donors (Lipinski definition) is 2. The Morgan fingerprint density at radius 2 is 2.12 bits per heavy atom. The average Bonchev–Trinajstić information content (AvgIpc) is 3.31. The summed E-state index contributed by atoms with van der Waals surface area (Å²) in [5, 5.41) is 7.03. The monoisotopic (exact) mass is 392 g/mol. The second kappa shape index (κ2) is 8.79. The third-order valence-electron chi connectivity index (χ3n) is 4.82. The normalized spacial score (nSPS) is 19.0. The Balaban J connectivity index is 1.75. The first-order valence-corrected chi connectivity index (χ1v) is 10.9. The number of rotatable bonds is 7. The third kappa shape index (κ3) is 4.16. The molecule has 0 aliphatic carbocycles. The van der Waals surface area contributed by atoms with Gasteiger partial charge in [0.25, 0.3) is 5.91 Å². The second-order valence-corrected chi connectivity index (χ2v) is 8.42. The van der Waals surface area contributed by atoms with Crippen molar-refractivity contribution < 1.29 is 14.5 Å². The molecule has 7 heteroatoms. The van der Waals surface area contributed by atoms with Crippen molar-refractivity contribution in [3.63, 3.8) is 0 Å². The van der Waals surface area contributed by atoms with E-state index in [9.17, 15) is 9.59 Å². The Morgan fingerprint density at radius 3 is 2.81 bits per heavy atom. The summed E-state index contributed by atoms with van der Waals surface area (Å²) in [5.41, 5.74) is 1.36. The molecule has 1 aliphatic rings. The molecule has 140 valence electrons. The van der Waals surface area contributed by atoms with Gasteiger partial charge in [0.15, 0.2) is 6.54 Å². The zero-order valence-corrected chi connectivity index (χ0v) is 16.9. The molecule has 0 bridgehead atoms. The molecule has 3 heterocycles. The van der Waals surface area contributed by atoms with E-state index in [1.54, 1.807) is 16.2 Å². The first-order chi connectivity index (χ1) is 12.6. The Kier molecular flexibility index (Phi) is 6.45. The van der Waals surface area contributed by atoms with Crippen LogP contribution in [0.15, 0.2) is 29.0 Å². The van der Waals surface area contributed by atoms with Crippen LogP contribution in [0.4, 0.5) is 0 Å². The fourth-order valence-corrected chi connectivity index (χ4v) is 5.38. The predicted octanol–water partition coefficient (Wildman–Crippen LogP) is 1.32. The molecule has 2 N–H and O–H groups in total. The lowest BCUT2D eigenvalue weighted by Crippen LogP contribution is -3.14. The third-order valence-corrected chi connectivity index (χ3v) is 6.75. The van der Waals surface area contributed by atoms with Gasteiger partial charge >= 0.3 is 0 Å². The molecule has 0 aromatic carbocycles. The number of fused-ring (bicyclic) bond motifs is 1. The van der Waals surface area contributed by atoms with Crippen LogP contribution in [0.25, 0.3) is 0 Å². The molecule has 2 aromatic rings. The summed E-state index contributed by atoms with van der Waals surface area (Å²) in [6.45, 7) is 6.46. The van der Waals surface area contributed by atoms with Gasteiger partial charge in [-0.2, -0.15) is 0 Å². The molecule has 2 amide bonds. The molecule has 1 unspecified atom stereocenters. The van der Waals surface area contributed by atoms with Crippen molar-refractivity contribution in [1.29, 1.82) is 0 Å². The number of nitrogens with zero attached hydrogens (tertiary/aromatic N) is 1. The first-order valence-electron chi connectivity index (χ1n) is 9.12. The lowest BCUT2D eigenvalue weighted by Gasteiger charge is -2.33. The summed E-state index contributed by atoms with van der Waals surface area (Å²) in [6.07, 6.45) is 1.01. The summed E-state index contributed by atoms with van der Waals surface area (Å²) < 4.78 is 0. The van der Waals surface area contributed by atoms with Crippen LogP contribution in [0.1, 0.15) is 35.2 Å². The highest BCUT2D eigenvalue weighted by atomic mass is 32.1. The number of carbonyl (C=O) groups is 2. The van der Waals surface area contributed by atoms with E-state index >= 15 is 0 Å². The Bertz CT molecular complexity index is 742. The minimum atomic E-state index is -0.0914. The minimum absolute atomic E-state index is 0.0500. The Hall–Kier alpha value is -1.70.